The highest BCUT2D eigenvalue weighted by Gasteiger charge is 2.27. The fourth-order valence-corrected chi connectivity index (χ4v) is 2.57. The van der Waals surface area contributed by atoms with Crippen molar-refractivity contribution in [2.45, 2.75) is 32.9 Å². The summed E-state index contributed by atoms with van der Waals surface area (Å²) in [6, 6.07) is 1.84. The Balaban J connectivity index is 2.38. The lowest BCUT2D eigenvalue weighted by Crippen LogP contribution is -2.50. The number of aryl methyl sites for hydroxylation is 2. The van der Waals surface area contributed by atoms with E-state index in [9.17, 15) is 4.79 Å². The molecule has 0 saturated carbocycles. The minimum absolute atomic E-state index is 0.0433. The number of ether oxygens (including phenoxy) is 1. The Bertz CT molecular complexity index is 516. The van der Waals surface area contributed by atoms with Gasteiger partial charge in [-0.2, -0.15) is 0 Å². The number of hydrogen-bond donors (Lipinski definition) is 2. The molecule has 0 spiro atoms. The molecule has 0 bridgehead atoms. The van der Waals surface area contributed by atoms with Crippen LogP contribution in [-0.4, -0.2) is 42.7 Å². The molecule has 1 fully saturated rings. The molecule has 1 aromatic heterocycles. The quantitative estimate of drug-likeness (QED) is 0.832. The molecular formula is C14H22N4O2. The Morgan fingerprint density at radius 2 is 2.25 bits per heavy atom. The van der Waals surface area contributed by atoms with Gasteiger partial charge < -0.3 is 21.1 Å². The predicted octanol–water partition coefficient (Wildman–Crippen LogP) is 0.350. The number of nitrogens with zero attached hydrogens (tertiary/aromatic N) is 2. The molecule has 1 amide bonds. The summed E-state index contributed by atoms with van der Waals surface area (Å²) in [5.41, 5.74) is 14.3. The molecule has 1 aromatic rings. The molecule has 0 aliphatic carbocycles. The molecule has 2 unspecified atom stereocenters. The number of primary amides is 1. The number of pyridine rings is 1. The summed E-state index contributed by atoms with van der Waals surface area (Å²) in [5.74, 6) is -0.450. The molecule has 2 rings (SSSR count). The van der Waals surface area contributed by atoms with Crippen molar-refractivity contribution < 1.29 is 9.53 Å². The van der Waals surface area contributed by atoms with Crippen LogP contribution in [0, 0.1) is 13.8 Å². The van der Waals surface area contributed by atoms with Gasteiger partial charge in [0.05, 0.1) is 29.7 Å². The van der Waals surface area contributed by atoms with E-state index in [0.717, 1.165) is 11.4 Å². The third-order valence-electron chi connectivity index (χ3n) is 3.57. The van der Waals surface area contributed by atoms with Gasteiger partial charge in [0.15, 0.2) is 0 Å². The van der Waals surface area contributed by atoms with E-state index in [1.54, 1.807) is 6.92 Å². The number of rotatable bonds is 3. The number of aromatic nitrogens is 1. The van der Waals surface area contributed by atoms with Gasteiger partial charge in [-0.15, -0.1) is 0 Å². The van der Waals surface area contributed by atoms with Gasteiger partial charge in [0.1, 0.15) is 0 Å². The number of carbonyl (C=O) groups excluding carboxylic acids is 1. The highest BCUT2D eigenvalue weighted by Crippen LogP contribution is 2.26. The first kappa shape index (κ1) is 14.7. The van der Waals surface area contributed by atoms with Crippen molar-refractivity contribution in [1.82, 2.24) is 4.98 Å². The molecule has 6 nitrogen and oxygen atoms in total. The van der Waals surface area contributed by atoms with E-state index in [4.69, 9.17) is 16.2 Å². The summed E-state index contributed by atoms with van der Waals surface area (Å²) in [5, 5.41) is 0. The van der Waals surface area contributed by atoms with Crippen molar-refractivity contribution in [3.8, 4) is 0 Å². The average molecular weight is 278 g/mol. The maximum absolute atomic E-state index is 11.7. The van der Waals surface area contributed by atoms with Crippen LogP contribution in [0.5, 0.6) is 0 Å². The smallest absolute Gasteiger partial charge is 0.252 e. The first-order valence-electron chi connectivity index (χ1n) is 6.80. The standard InChI is InChI=1S/C14H22N4O2/c1-8-6-11(13(14(16)19)10(3)17-8)18-4-5-20-12(7-18)9(2)15/h6,9,12H,4-5,7,15H2,1-3H3,(H2,16,19). The van der Waals surface area contributed by atoms with Gasteiger partial charge in [-0.25, -0.2) is 0 Å². The molecule has 20 heavy (non-hydrogen) atoms. The zero-order valence-corrected chi connectivity index (χ0v) is 12.2. The first-order chi connectivity index (χ1) is 9.40. The number of anilines is 1. The van der Waals surface area contributed by atoms with E-state index in [-0.39, 0.29) is 12.1 Å². The second-order valence-corrected chi connectivity index (χ2v) is 5.32. The average Bonchev–Trinajstić information content (AvgIpc) is 2.37. The predicted molar refractivity (Wildman–Crippen MR) is 77.8 cm³/mol. The largest absolute Gasteiger partial charge is 0.373 e. The van der Waals surface area contributed by atoms with E-state index in [0.29, 0.717) is 31.0 Å². The summed E-state index contributed by atoms with van der Waals surface area (Å²) in [6.45, 7) is 7.59. The minimum atomic E-state index is -0.450. The van der Waals surface area contributed by atoms with Gasteiger partial charge in [0.25, 0.3) is 5.91 Å². The van der Waals surface area contributed by atoms with Crippen LogP contribution in [0.4, 0.5) is 5.69 Å². The van der Waals surface area contributed by atoms with Gasteiger partial charge in [-0.1, -0.05) is 0 Å². The summed E-state index contributed by atoms with van der Waals surface area (Å²) < 4.78 is 5.65. The molecule has 2 heterocycles. The molecule has 1 saturated heterocycles. The lowest BCUT2D eigenvalue weighted by molar-refractivity contribution is 0.0275. The molecule has 0 aromatic carbocycles. The monoisotopic (exact) mass is 278 g/mol. The van der Waals surface area contributed by atoms with Crippen LogP contribution in [0.15, 0.2) is 6.07 Å². The Kier molecular flexibility index (Phi) is 4.25. The SMILES string of the molecule is Cc1cc(N2CCOC(C(C)N)C2)c(C(N)=O)c(C)n1. The Morgan fingerprint density at radius 1 is 1.55 bits per heavy atom. The molecule has 0 radical (unpaired) electrons. The molecule has 1 aliphatic heterocycles. The Hall–Kier alpha value is -1.66. The number of carbonyl (C=O) groups is 1. The Morgan fingerprint density at radius 3 is 2.85 bits per heavy atom. The number of morpholine rings is 1. The van der Waals surface area contributed by atoms with Gasteiger partial charge in [-0.3, -0.25) is 9.78 Å². The van der Waals surface area contributed by atoms with Crippen LogP contribution < -0.4 is 16.4 Å². The molecule has 2 atom stereocenters. The van der Waals surface area contributed by atoms with Crippen molar-refractivity contribution in [2.24, 2.45) is 11.5 Å². The summed E-state index contributed by atoms with van der Waals surface area (Å²) in [7, 11) is 0. The zero-order chi connectivity index (χ0) is 14.9. The van der Waals surface area contributed by atoms with Crippen LogP contribution in [-0.2, 0) is 4.74 Å². The second-order valence-electron chi connectivity index (χ2n) is 5.32. The van der Waals surface area contributed by atoms with Gasteiger partial charge in [-0.05, 0) is 26.8 Å². The third-order valence-corrected chi connectivity index (χ3v) is 3.57. The summed E-state index contributed by atoms with van der Waals surface area (Å²) in [4.78, 5) is 18.1. The molecular weight excluding hydrogens is 256 g/mol. The van der Waals surface area contributed by atoms with Crippen LogP contribution in [0.1, 0.15) is 28.7 Å². The maximum atomic E-state index is 11.7. The van der Waals surface area contributed by atoms with E-state index in [1.165, 1.54) is 0 Å². The van der Waals surface area contributed by atoms with Gasteiger partial charge >= 0.3 is 0 Å². The topological polar surface area (TPSA) is 94.5 Å². The normalized spacial score (nSPS) is 20.8. The molecule has 6 heteroatoms. The van der Waals surface area contributed by atoms with Crippen molar-refractivity contribution in [3.05, 3.63) is 23.0 Å². The van der Waals surface area contributed by atoms with E-state index in [1.807, 2.05) is 19.9 Å². The second kappa shape index (κ2) is 5.76. The number of amides is 1. The third kappa shape index (κ3) is 2.91. The van der Waals surface area contributed by atoms with E-state index in [2.05, 4.69) is 9.88 Å². The lowest BCUT2D eigenvalue weighted by atomic mass is 10.1. The fourth-order valence-electron chi connectivity index (χ4n) is 2.57. The molecule has 110 valence electrons. The minimum Gasteiger partial charge on any atom is -0.373 e. The zero-order valence-electron chi connectivity index (χ0n) is 12.2. The van der Waals surface area contributed by atoms with Crippen LogP contribution in [0.25, 0.3) is 0 Å². The molecule has 4 N–H and O–H groups in total. The van der Waals surface area contributed by atoms with Crippen LogP contribution in [0.3, 0.4) is 0 Å². The number of hydrogen-bond acceptors (Lipinski definition) is 5. The summed E-state index contributed by atoms with van der Waals surface area (Å²) in [6.07, 6.45) is -0.0433. The fraction of sp³-hybridized carbons (Fsp3) is 0.571. The van der Waals surface area contributed by atoms with Crippen molar-refractivity contribution in [2.75, 3.05) is 24.6 Å². The number of nitrogens with two attached hydrogens (primary N) is 2. The van der Waals surface area contributed by atoms with Crippen molar-refractivity contribution in [3.63, 3.8) is 0 Å². The Labute approximate surface area is 119 Å². The van der Waals surface area contributed by atoms with Crippen LogP contribution >= 0.6 is 0 Å². The van der Waals surface area contributed by atoms with Crippen molar-refractivity contribution >= 4 is 11.6 Å². The summed E-state index contributed by atoms with van der Waals surface area (Å²) >= 11 is 0. The van der Waals surface area contributed by atoms with E-state index < -0.39 is 5.91 Å². The highest BCUT2D eigenvalue weighted by molar-refractivity contribution is 5.99. The molecule has 1 aliphatic rings. The van der Waals surface area contributed by atoms with Crippen LogP contribution in [0.2, 0.25) is 0 Å². The lowest BCUT2D eigenvalue weighted by Gasteiger charge is -2.37. The van der Waals surface area contributed by atoms with Gasteiger partial charge in [0, 0.05) is 24.8 Å². The van der Waals surface area contributed by atoms with Gasteiger partial charge in [0.2, 0.25) is 0 Å². The maximum Gasteiger partial charge on any atom is 0.252 e. The van der Waals surface area contributed by atoms with Crippen molar-refractivity contribution in [1.29, 1.82) is 0 Å². The van der Waals surface area contributed by atoms with E-state index >= 15 is 0 Å². The highest BCUT2D eigenvalue weighted by atomic mass is 16.5. The first-order valence-corrected chi connectivity index (χ1v) is 6.80.